The predicted octanol–water partition coefficient (Wildman–Crippen LogP) is 3.33. The minimum atomic E-state index is -2.60. The number of urea groups is 1. The van der Waals surface area contributed by atoms with Crippen LogP contribution < -0.4 is 10.6 Å². The molecule has 0 fully saturated rings. The molecule has 0 aliphatic carbocycles. The fourth-order valence-corrected chi connectivity index (χ4v) is 1.73. The molecule has 0 aliphatic heterocycles. The van der Waals surface area contributed by atoms with Gasteiger partial charge in [0.15, 0.2) is 0 Å². The van der Waals surface area contributed by atoms with Crippen LogP contribution in [0.5, 0.6) is 0 Å². The third-order valence-electron chi connectivity index (χ3n) is 3.16. The molecule has 0 saturated heterocycles. The number of hydrogen-bond donors (Lipinski definition) is 2. The summed E-state index contributed by atoms with van der Waals surface area (Å²) in [6.45, 7) is 5.27. The molecule has 0 bridgehead atoms. The molecule has 22 heavy (non-hydrogen) atoms. The lowest BCUT2D eigenvalue weighted by atomic mass is 10.0. The van der Waals surface area contributed by atoms with Gasteiger partial charge in [0.25, 0.3) is 6.43 Å². The Morgan fingerprint density at radius 2 is 1.95 bits per heavy atom. The van der Waals surface area contributed by atoms with Gasteiger partial charge in [-0.25, -0.2) is 13.6 Å². The standard InChI is InChI=1S/C15H20F2N2O3/c1-4-22-14(20)9(2)10(3)18-15(21)19-12-7-5-6-11(8-12)13(16)17/h5-10,13H,4H2,1-3H3,(H2,18,19,21)/t9-,10+/m1/s1. The molecule has 1 rings (SSSR count). The smallest absolute Gasteiger partial charge is 0.319 e. The van der Waals surface area contributed by atoms with Crippen LogP contribution in [-0.2, 0) is 9.53 Å². The van der Waals surface area contributed by atoms with E-state index in [1.54, 1.807) is 20.8 Å². The summed E-state index contributed by atoms with van der Waals surface area (Å²) in [6, 6.07) is 4.38. The largest absolute Gasteiger partial charge is 0.466 e. The van der Waals surface area contributed by atoms with E-state index < -0.39 is 30.4 Å². The van der Waals surface area contributed by atoms with Crippen molar-refractivity contribution >= 4 is 17.7 Å². The number of esters is 1. The van der Waals surface area contributed by atoms with Crippen molar-refractivity contribution in [1.29, 1.82) is 0 Å². The highest BCUT2D eigenvalue weighted by atomic mass is 19.3. The molecule has 0 unspecified atom stereocenters. The fourth-order valence-electron chi connectivity index (χ4n) is 1.73. The molecule has 1 aromatic carbocycles. The lowest BCUT2D eigenvalue weighted by molar-refractivity contribution is -0.148. The third-order valence-corrected chi connectivity index (χ3v) is 3.16. The lowest BCUT2D eigenvalue weighted by Gasteiger charge is -2.20. The molecule has 0 radical (unpaired) electrons. The van der Waals surface area contributed by atoms with Gasteiger partial charge in [-0.1, -0.05) is 12.1 Å². The highest BCUT2D eigenvalue weighted by Gasteiger charge is 2.22. The van der Waals surface area contributed by atoms with Crippen LogP contribution in [-0.4, -0.2) is 24.6 Å². The van der Waals surface area contributed by atoms with Gasteiger partial charge in [0.05, 0.1) is 12.5 Å². The van der Waals surface area contributed by atoms with Crippen molar-refractivity contribution in [2.45, 2.75) is 33.2 Å². The molecule has 2 N–H and O–H groups in total. The summed E-state index contributed by atoms with van der Waals surface area (Å²) >= 11 is 0. The summed E-state index contributed by atoms with van der Waals surface area (Å²) in [5.74, 6) is -0.923. The zero-order chi connectivity index (χ0) is 16.7. The van der Waals surface area contributed by atoms with Crippen molar-refractivity contribution in [3.05, 3.63) is 29.8 Å². The third kappa shape index (κ3) is 5.31. The van der Waals surface area contributed by atoms with Gasteiger partial charge >= 0.3 is 12.0 Å². The van der Waals surface area contributed by atoms with E-state index in [9.17, 15) is 18.4 Å². The van der Waals surface area contributed by atoms with Crippen LogP contribution in [0.15, 0.2) is 24.3 Å². The van der Waals surface area contributed by atoms with Gasteiger partial charge in [0.2, 0.25) is 0 Å². The molecule has 0 spiro atoms. The van der Waals surface area contributed by atoms with E-state index in [2.05, 4.69) is 10.6 Å². The summed E-state index contributed by atoms with van der Waals surface area (Å²) in [7, 11) is 0. The first-order chi connectivity index (χ1) is 10.3. The summed E-state index contributed by atoms with van der Waals surface area (Å²) in [5.41, 5.74) is 0.0806. The molecule has 122 valence electrons. The molecule has 1 aromatic rings. The van der Waals surface area contributed by atoms with Gasteiger partial charge < -0.3 is 15.4 Å². The van der Waals surface area contributed by atoms with E-state index in [4.69, 9.17) is 4.74 Å². The molecule has 0 aromatic heterocycles. The van der Waals surface area contributed by atoms with Crippen molar-refractivity contribution in [1.82, 2.24) is 5.32 Å². The Balaban J connectivity index is 2.59. The lowest BCUT2D eigenvalue weighted by Crippen LogP contribution is -2.42. The van der Waals surface area contributed by atoms with Gasteiger partial charge in [-0.3, -0.25) is 4.79 Å². The van der Waals surface area contributed by atoms with E-state index >= 15 is 0 Å². The van der Waals surface area contributed by atoms with Crippen LogP contribution in [0.1, 0.15) is 32.8 Å². The van der Waals surface area contributed by atoms with E-state index in [-0.39, 0.29) is 17.9 Å². The maximum absolute atomic E-state index is 12.6. The summed E-state index contributed by atoms with van der Waals surface area (Å²) < 4.78 is 30.0. The number of alkyl halides is 2. The summed E-state index contributed by atoms with van der Waals surface area (Å²) in [4.78, 5) is 23.4. The van der Waals surface area contributed by atoms with Gasteiger partial charge in [-0.05, 0) is 32.9 Å². The van der Waals surface area contributed by atoms with E-state index in [0.29, 0.717) is 0 Å². The van der Waals surface area contributed by atoms with Crippen molar-refractivity contribution < 1.29 is 23.1 Å². The van der Waals surface area contributed by atoms with Gasteiger partial charge in [0, 0.05) is 17.3 Å². The van der Waals surface area contributed by atoms with Crippen LogP contribution in [0.4, 0.5) is 19.3 Å². The molecule has 0 aliphatic rings. The zero-order valence-corrected chi connectivity index (χ0v) is 12.7. The highest BCUT2D eigenvalue weighted by Crippen LogP contribution is 2.21. The molecular formula is C15H20F2N2O3. The quantitative estimate of drug-likeness (QED) is 0.791. The average molecular weight is 314 g/mol. The van der Waals surface area contributed by atoms with Crippen LogP contribution in [0.3, 0.4) is 0 Å². The Bertz CT molecular complexity index is 523. The van der Waals surface area contributed by atoms with Crippen LogP contribution in [0.2, 0.25) is 0 Å². The van der Waals surface area contributed by atoms with Gasteiger partial charge in [-0.2, -0.15) is 0 Å². The molecule has 0 saturated carbocycles. The van der Waals surface area contributed by atoms with Crippen molar-refractivity contribution in [2.24, 2.45) is 5.92 Å². The Morgan fingerprint density at radius 1 is 1.27 bits per heavy atom. The molecule has 7 heteroatoms. The van der Waals surface area contributed by atoms with Crippen molar-refractivity contribution in [2.75, 3.05) is 11.9 Å². The number of halogens is 2. The minimum absolute atomic E-state index is 0.175. The van der Waals surface area contributed by atoms with Crippen LogP contribution >= 0.6 is 0 Å². The summed E-state index contributed by atoms with van der Waals surface area (Å²) in [5, 5.41) is 5.04. The molecule has 5 nitrogen and oxygen atoms in total. The maximum Gasteiger partial charge on any atom is 0.319 e. The molecular weight excluding hydrogens is 294 g/mol. The number of benzene rings is 1. The number of carbonyl (C=O) groups excluding carboxylic acids is 2. The Labute approximate surface area is 128 Å². The number of ether oxygens (including phenoxy) is 1. The van der Waals surface area contributed by atoms with E-state index in [1.807, 2.05) is 0 Å². The number of nitrogens with one attached hydrogen (secondary N) is 2. The monoisotopic (exact) mass is 314 g/mol. The zero-order valence-electron chi connectivity index (χ0n) is 12.7. The first-order valence-corrected chi connectivity index (χ1v) is 6.97. The first kappa shape index (κ1) is 17.9. The average Bonchev–Trinajstić information content (AvgIpc) is 2.46. The van der Waals surface area contributed by atoms with Crippen LogP contribution in [0.25, 0.3) is 0 Å². The van der Waals surface area contributed by atoms with Crippen LogP contribution in [0, 0.1) is 5.92 Å². The number of rotatable bonds is 6. The summed E-state index contributed by atoms with van der Waals surface area (Å²) in [6.07, 6.45) is -2.60. The van der Waals surface area contributed by atoms with Gasteiger partial charge in [-0.15, -0.1) is 0 Å². The Morgan fingerprint density at radius 3 is 2.55 bits per heavy atom. The second kappa shape index (κ2) is 8.31. The fraction of sp³-hybridized carbons (Fsp3) is 0.467. The maximum atomic E-state index is 12.6. The van der Waals surface area contributed by atoms with Crippen molar-refractivity contribution in [3.63, 3.8) is 0 Å². The predicted molar refractivity (Wildman–Crippen MR) is 78.8 cm³/mol. The van der Waals surface area contributed by atoms with E-state index in [0.717, 1.165) is 0 Å². The number of carbonyl (C=O) groups is 2. The molecule has 0 heterocycles. The molecule has 2 amide bonds. The number of amides is 2. The van der Waals surface area contributed by atoms with E-state index in [1.165, 1.54) is 24.3 Å². The Kier molecular flexibility index (Phi) is 6.75. The first-order valence-electron chi connectivity index (χ1n) is 6.97. The van der Waals surface area contributed by atoms with Crippen molar-refractivity contribution in [3.8, 4) is 0 Å². The minimum Gasteiger partial charge on any atom is -0.466 e. The number of hydrogen-bond acceptors (Lipinski definition) is 3. The second-order valence-electron chi connectivity index (χ2n) is 4.85. The normalized spacial score (nSPS) is 13.4. The number of anilines is 1. The topological polar surface area (TPSA) is 67.4 Å². The highest BCUT2D eigenvalue weighted by molar-refractivity contribution is 5.90. The SMILES string of the molecule is CCOC(=O)[C@H](C)[C@H](C)NC(=O)Nc1cccc(C(F)F)c1. The molecule has 2 atom stereocenters. The second-order valence-corrected chi connectivity index (χ2v) is 4.85. The Hall–Kier alpha value is -2.18. The van der Waals surface area contributed by atoms with Gasteiger partial charge in [0.1, 0.15) is 0 Å².